The van der Waals surface area contributed by atoms with Crippen LogP contribution in [0.3, 0.4) is 0 Å². The molecule has 0 saturated carbocycles. The summed E-state index contributed by atoms with van der Waals surface area (Å²) in [6.07, 6.45) is 1.22. The molecule has 0 unspecified atom stereocenters. The third-order valence-corrected chi connectivity index (χ3v) is 0.994. The summed E-state index contributed by atoms with van der Waals surface area (Å²) < 4.78 is 0. The van der Waals surface area contributed by atoms with Crippen molar-refractivity contribution in [3.8, 4) is 0 Å². The lowest BCUT2D eigenvalue weighted by atomic mass is 10.4. The van der Waals surface area contributed by atoms with Crippen molar-refractivity contribution in [2.75, 3.05) is 19.8 Å². The fraction of sp³-hybridized carbons (Fsp3) is 1.00. The molecule has 0 aromatic heterocycles. The van der Waals surface area contributed by atoms with E-state index in [1.54, 1.807) is 0 Å². The van der Waals surface area contributed by atoms with E-state index in [0.29, 0.717) is 0 Å². The zero-order valence-corrected chi connectivity index (χ0v) is 4.33. The van der Waals surface area contributed by atoms with Crippen LogP contribution in [0.25, 0.3) is 0 Å². The number of rotatable bonds is 0. The van der Waals surface area contributed by atoms with Gasteiger partial charge in [0.2, 0.25) is 0 Å². The topological polar surface area (TPSA) is 36.1 Å². The van der Waals surface area contributed by atoms with E-state index in [2.05, 4.69) is 16.2 Å². The Morgan fingerprint density at radius 3 is 3.00 bits per heavy atom. The molecule has 0 radical (unpaired) electrons. The van der Waals surface area contributed by atoms with Gasteiger partial charge in [-0.25, -0.2) is 5.43 Å². The number of hydrogen-bond donors (Lipinski definition) is 3. The minimum atomic E-state index is 0.889. The zero-order valence-electron chi connectivity index (χ0n) is 4.33. The summed E-state index contributed by atoms with van der Waals surface area (Å²) in [5, 5.41) is 3.17. The van der Waals surface area contributed by atoms with Crippen LogP contribution in [0.5, 0.6) is 0 Å². The standard InChI is InChI=1S/C4H11N3/c1-2-5-4-7-6-3-1/h5-7H,1-4H2. The van der Waals surface area contributed by atoms with Crippen molar-refractivity contribution < 1.29 is 0 Å². The van der Waals surface area contributed by atoms with Crippen molar-refractivity contribution in [2.24, 2.45) is 0 Å². The maximum Gasteiger partial charge on any atom is 0.0589 e. The largest absolute Gasteiger partial charge is 0.303 e. The fourth-order valence-corrected chi connectivity index (χ4v) is 0.604. The van der Waals surface area contributed by atoms with Gasteiger partial charge in [0.15, 0.2) is 0 Å². The van der Waals surface area contributed by atoms with Gasteiger partial charge in [0.25, 0.3) is 0 Å². The van der Waals surface area contributed by atoms with Crippen LogP contribution in [-0.2, 0) is 0 Å². The average Bonchev–Trinajstić information content (AvgIpc) is 1.90. The normalized spacial score (nSPS) is 24.0. The Morgan fingerprint density at radius 1 is 1.00 bits per heavy atom. The zero-order chi connectivity index (χ0) is 4.95. The van der Waals surface area contributed by atoms with Gasteiger partial charge in [-0.3, -0.25) is 5.43 Å². The first kappa shape index (κ1) is 5.03. The number of hydrazine groups is 1. The molecule has 0 aromatic rings. The molecular weight excluding hydrogens is 90.1 g/mol. The van der Waals surface area contributed by atoms with Crippen molar-refractivity contribution in [3.05, 3.63) is 0 Å². The van der Waals surface area contributed by atoms with E-state index in [1.807, 2.05) is 0 Å². The predicted octanol–water partition coefficient (Wildman–Crippen LogP) is -0.969. The highest BCUT2D eigenvalue weighted by atomic mass is 15.4. The Kier molecular flexibility index (Phi) is 2.12. The second-order valence-electron chi connectivity index (χ2n) is 1.63. The lowest BCUT2D eigenvalue weighted by Gasteiger charge is -1.96. The van der Waals surface area contributed by atoms with Crippen molar-refractivity contribution >= 4 is 0 Å². The highest BCUT2D eigenvalue weighted by Crippen LogP contribution is 1.72. The SMILES string of the molecule is C1CNCNNC1. The minimum absolute atomic E-state index is 0.889. The molecule has 3 heteroatoms. The monoisotopic (exact) mass is 101 g/mol. The Bertz CT molecular complexity index is 26.5. The van der Waals surface area contributed by atoms with Crippen molar-refractivity contribution in [2.45, 2.75) is 6.42 Å². The number of hydrogen-bond acceptors (Lipinski definition) is 3. The van der Waals surface area contributed by atoms with Crippen LogP contribution in [0.2, 0.25) is 0 Å². The van der Waals surface area contributed by atoms with E-state index >= 15 is 0 Å². The summed E-state index contributed by atoms with van der Waals surface area (Å²) in [6.45, 7) is 3.09. The van der Waals surface area contributed by atoms with Crippen LogP contribution in [-0.4, -0.2) is 19.8 Å². The van der Waals surface area contributed by atoms with Gasteiger partial charge in [-0.1, -0.05) is 0 Å². The smallest absolute Gasteiger partial charge is 0.0589 e. The van der Waals surface area contributed by atoms with Crippen LogP contribution in [0, 0.1) is 0 Å². The van der Waals surface area contributed by atoms with Gasteiger partial charge in [0, 0.05) is 6.54 Å². The van der Waals surface area contributed by atoms with E-state index in [1.165, 1.54) is 6.42 Å². The van der Waals surface area contributed by atoms with Crippen molar-refractivity contribution in [3.63, 3.8) is 0 Å². The second kappa shape index (κ2) is 2.96. The molecule has 0 atom stereocenters. The molecule has 42 valence electrons. The lowest BCUT2D eigenvalue weighted by Crippen LogP contribution is -2.35. The highest BCUT2D eigenvalue weighted by Gasteiger charge is 1.90. The molecular formula is C4H11N3. The van der Waals surface area contributed by atoms with Crippen LogP contribution >= 0.6 is 0 Å². The summed E-state index contributed by atoms with van der Waals surface area (Å²) in [7, 11) is 0. The predicted molar refractivity (Wildman–Crippen MR) is 28.6 cm³/mol. The second-order valence-corrected chi connectivity index (χ2v) is 1.63. The highest BCUT2D eigenvalue weighted by molar-refractivity contribution is 4.51. The molecule has 0 aliphatic carbocycles. The lowest BCUT2D eigenvalue weighted by molar-refractivity contribution is 0.554. The third-order valence-electron chi connectivity index (χ3n) is 0.994. The van der Waals surface area contributed by atoms with Gasteiger partial charge in [0.1, 0.15) is 0 Å². The Balaban J connectivity index is 2.04. The van der Waals surface area contributed by atoms with Gasteiger partial charge >= 0.3 is 0 Å². The van der Waals surface area contributed by atoms with Crippen molar-refractivity contribution in [1.82, 2.24) is 16.2 Å². The van der Waals surface area contributed by atoms with E-state index in [-0.39, 0.29) is 0 Å². The van der Waals surface area contributed by atoms with Crippen molar-refractivity contribution in [1.29, 1.82) is 0 Å². The van der Waals surface area contributed by atoms with Crippen LogP contribution in [0.15, 0.2) is 0 Å². The average molecular weight is 101 g/mol. The maximum absolute atomic E-state index is 3.17. The van der Waals surface area contributed by atoms with Crippen LogP contribution < -0.4 is 16.2 Å². The fourth-order valence-electron chi connectivity index (χ4n) is 0.604. The molecule has 3 N–H and O–H groups in total. The Labute approximate surface area is 43.4 Å². The molecule has 0 bridgehead atoms. The quantitative estimate of drug-likeness (QED) is 0.367. The van der Waals surface area contributed by atoms with Crippen LogP contribution in [0.1, 0.15) is 6.42 Å². The summed E-state index contributed by atoms with van der Waals surface area (Å²) in [5.41, 5.74) is 6.02. The van der Waals surface area contributed by atoms with Gasteiger partial charge in [0.05, 0.1) is 6.67 Å². The van der Waals surface area contributed by atoms with Gasteiger partial charge in [-0.05, 0) is 13.0 Å². The maximum atomic E-state index is 3.17. The van der Waals surface area contributed by atoms with E-state index < -0.39 is 0 Å². The first-order valence-corrected chi connectivity index (χ1v) is 2.66. The van der Waals surface area contributed by atoms with Crippen LogP contribution in [0.4, 0.5) is 0 Å². The molecule has 1 aliphatic rings. The van der Waals surface area contributed by atoms with E-state index in [4.69, 9.17) is 0 Å². The van der Waals surface area contributed by atoms with Gasteiger partial charge < -0.3 is 5.32 Å². The first-order valence-electron chi connectivity index (χ1n) is 2.66. The first-order chi connectivity index (χ1) is 3.50. The number of nitrogens with one attached hydrogen (secondary N) is 3. The molecule has 1 aliphatic heterocycles. The molecule has 3 nitrogen and oxygen atoms in total. The molecule has 0 spiro atoms. The minimum Gasteiger partial charge on any atom is -0.303 e. The molecule has 0 amide bonds. The summed E-state index contributed by atoms with van der Waals surface area (Å²) in [4.78, 5) is 0. The molecule has 1 saturated heterocycles. The summed E-state index contributed by atoms with van der Waals surface area (Å²) in [6, 6.07) is 0. The van der Waals surface area contributed by atoms with E-state index in [0.717, 1.165) is 19.8 Å². The molecule has 1 heterocycles. The molecule has 7 heavy (non-hydrogen) atoms. The molecule has 1 rings (SSSR count). The summed E-state index contributed by atoms with van der Waals surface area (Å²) >= 11 is 0. The molecule has 0 aromatic carbocycles. The van der Waals surface area contributed by atoms with Gasteiger partial charge in [-0.2, -0.15) is 0 Å². The van der Waals surface area contributed by atoms with E-state index in [9.17, 15) is 0 Å². The Morgan fingerprint density at radius 2 is 2.00 bits per heavy atom. The third kappa shape index (κ3) is 1.87. The summed E-state index contributed by atoms with van der Waals surface area (Å²) in [5.74, 6) is 0. The molecule has 1 fully saturated rings. The van der Waals surface area contributed by atoms with Gasteiger partial charge in [-0.15, -0.1) is 0 Å². The Hall–Kier alpha value is -0.120.